The number of ether oxygens (including phenoxy) is 1. The molecule has 3 aliphatic rings. The summed E-state index contributed by atoms with van der Waals surface area (Å²) in [6.07, 6.45) is 7.95. The molecule has 3 heterocycles. The normalized spacial score (nSPS) is 19.4. The summed E-state index contributed by atoms with van der Waals surface area (Å²) in [5.74, 6) is 0.599. The Morgan fingerprint density at radius 2 is 1.43 bits per heavy atom. The number of hydrogen-bond acceptors (Lipinski definition) is 6. The summed E-state index contributed by atoms with van der Waals surface area (Å²) in [6, 6.07) is 52.5. The summed E-state index contributed by atoms with van der Waals surface area (Å²) in [5, 5.41) is 7.20. The maximum atomic E-state index is 14.8. The first-order chi connectivity index (χ1) is 26.6. The molecule has 2 N–H and O–H groups in total. The third-order valence-electron chi connectivity index (χ3n) is 11.3. The zero-order valence-electron chi connectivity index (χ0n) is 30.3. The van der Waals surface area contributed by atoms with Crippen molar-refractivity contribution in [2.75, 3.05) is 24.0 Å². The number of fused-ring (bicyclic) bond motifs is 1. The van der Waals surface area contributed by atoms with Gasteiger partial charge in [0.1, 0.15) is 11.3 Å². The molecule has 266 valence electrons. The molecule has 1 aliphatic carbocycles. The Labute approximate surface area is 316 Å². The molecule has 5 aromatic carbocycles. The SMILES string of the molecule is COc1cccc(C(C)NC(=O)C2=C3Nc4ccccc4C34[C@@H](C=C2)N(c2ccncc2)CN4C(c2ccccc2)(c2ccccc2)c2ccccc2)c1. The minimum atomic E-state index is -0.845. The Kier molecular flexibility index (Phi) is 8.36. The molecule has 0 bridgehead atoms. The van der Waals surface area contributed by atoms with Crippen molar-refractivity contribution in [3.8, 4) is 5.75 Å². The third kappa shape index (κ3) is 5.07. The number of nitrogens with zero attached hydrogens (tertiary/aromatic N) is 3. The van der Waals surface area contributed by atoms with E-state index in [1.165, 1.54) is 0 Å². The molecule has 1 aromatic heterocycles. The van der Waals surface area contributed by atoms with Gasteiger partial charge in [-0.2, -0.15) is 0 Å². The predicted octanol–water partition coefficient (Wildman–Crippen LogP) is 8.55. The van der Waals surface area contributed by atoms with Gasteiger partial charge in [0.25, 0.3) is 5.91 Å². The number of carbonyl (C=O) groups excluding carboxylic acids is 1. The Morgan fingerprint density at radius 1 is 0.815 bits per heavy atom. The number of methoxy groups -OCH3 is 1. The molecule has 7 heteroatoms. The van der Waals surface area contributed by atoms with Gasteiger partial charge in [0.05, 0.1) is 42.7 Å². The van der Waals surface area contributed by atoms with Gasteiger partial charge in [-0.25, -0.2) is 0 Å². The van der Waals surface area contributed by atoms with Crippen molar-refractivity contribution in [2.24, 2.45) is 0 Å². The van der Waals surface area contributed by atoms with Gasteiger partial charge in [0.15, 0.2) is 0 Å². The molecule has 7 nitrogen and oxygen atoms in total. The van der Waals surface area contributed by atoms with Crippen LogP contribution in [0.2, 0.25) is 0 Å². The van der Waals surface area contributed by atoms with Crippen LogP contribution in [0.4, 0.5) is 11.4 Å². The van der Waals surface area contributed by atoms with E-state index in [2.05, 4.69) is 159 Å². The third-order valence-corrected chi connectivity index (χ3v) is 11.3. The van der Waals surface area contributed by atoms with E-state index < -0.39 is 11.1 Å². The van der Waals surface area contributed by atoms with Crippen LogP contribution >= 0.6 is 0 Å². The number of carbonyl (C=O) groups is 1. The van der Waals surface area contributed by atoms with Gasteiger partial charge in [0.2, 0.25) is 0 Å². The van der Waals surface area contributed by atoms with E-state index >= 15 is 0 Å². The van der Waals surface area contributed by atoms with Crippen molar-refractivity contribution in [1.29, 1.82) is 0 Å². The van der Waals surface area contributed by atoms with Crippen LogP contribution in [-0.2, 0) is 15.9 Å². The first-order valence-corrected chi connectivity index (χ1v) is 18.4. The van der Waals surface area contributed by atoms with E-state index in [1.807, 2.05) is 49.7 Å². The van der Waals surface area contributed by atoms with Gasteiger partial charge in [-0.05, 0) is 65.6 Å². The molecule has 3 atom stereocenters. The molecule has 54 heavy (non-hydrogen) atoms. The lowest BCUT2D eigenvalue weighted by Gasteiger charge is -2.52. The summed E-state index contributed by atoms with van der Waals surface area (Å²) in [4.78, 5) is 24.3. The molecular weight excluding hydrogens is 667 g/mol. The molecule has 1 amide bonds. The number of anilines is 2. The van der Waals surface area contributed by atoms with Gasteiger partial charge < -0.3 is 20.3 Å². The lowest BCUT2D eigenvalue weighted by Crippen LogP contribution is -2.59. The van der Waals surface area contributed by atoms with E-state index in [1.54, 1.807) is 7.11 Å². The molecule has 6 aromatic rings. The zero-order valence-corrected chi connectivity index (χ0v) is 30.3. The molecule has 2 aliphatic heterocycles. The molecule has 0 saturated carbocycles. The monoisotopic (exact) mass is 707 g/mol. The fourth-order valence-electron chi connectivity index (χ4n) is 9.01. The minimum Gasteiger partial charge on any atom is -0.497 e. The molecule has 1 spiro atoms. The number of amides is 1. The van der Waals surface area contributed by atoms with E-state index in [-0.39, 0.29) is 18.0 Å². The van der Waals surface area contributed by atoms with E-state index in [9.17, 15) is 4.79 Å². The molecule has 2 unspecified atom stereocenters. The lowest BCUT2D eigenvalue weighted by molar-refractivity contribution is -0.118. The Hall–Kier alpha value is -6.44. The molecule has 9 rings (SSSR count). The lowest BCUT2D eigenvalue weighted by atomic mass is 9.69. The number of pyridine rings is 1. The van der Waals surface area contributed by atoms with Gasteiger partial charge >= 0.3 is 0 Å². The van der Waals surface area contributed by atoms with Crippen LogP contribution in [0.1, 0.15) is 40.8 Å². The van der Waals surface area contributed by atoms with E-state index in [0.717, 1.165) is 50.6 Å². The van der Waals surface area contributed by atoms with Crippen molar-refractivity contribution < 1.29 is 9.53 Å². The minimum absolute atomic E-state index is 0.151. The van der Waals surface area contributed by atoms with Crippen LogP contribution in [0.25, 0.3) is 0 Å². The average Bonchev–Trinajstić information content (AvgIpc) is 3.78. The number of hydrogen-bond donors (Lipinski definition) is 2. The standard InChI is InChI=1S/C47H41N5O2/c1-33(34-15-14-22-39(31-34)54-2)49-45(53)40-25-26-43-47(41-23-12-13-24-42(41)50-44(40)47)52(32-51(43)38-27-29-48-30-28-38)46(35-16-6-3-7-17-35,36-18-8-4-9-19-36)37-20-10-5-11-21-37/h3-31,33,43,50H,32H2,1-2H3,(H,49,53)/t33?,43-,47?/m1/s1. The van der Waals surface area contributed by atoms with Crippen molar-refractivity contribution in [3.05, 3.63) is 215 Å². The van der Waals surface area contributed by atoms with Gasteiger partial charge in [-0.3, -0.25) is 14.7 Å². The highest BCUT2D eigenvalue weighted by Gasteiger charge is 2.66. The maximum absolute atomic E-state index is 14.8. The Balaban J connectivity index is 1.33. The first kappa shape index (κ1) is 33.4. The van der Waals surface area contributed by atoms with Crippen molar-refractivity contribution >= 4 is 17.3 Å². The van der Waals surface area contributed by atoms with Crippen LogP contribution in [0.5, 0.6) is 5.75 Å². The highest BCUT2D eigenvalue weighted by molar-refractivity contribution is 6.00. The summed E-state index contributed by atoms with van der Waals surface area (Å²) >= 11 is 0. The molecule has 0 radical (unpaired) electrons. The van der Waals surface area contributed by atoms with Gasteiger partial charge in [0, 0.05) is 29.3 Å². The van der Waals surface area contributed by atoms with Crippen molar-refractivity contribution in [2.45, 2.75) is 30.1 Å². The van der Waals surface area contributed by atoms with Crippen molar-refractivity contribution in [3.63, 3.8) is 0 Å². The largest absolute Gasteiger partial charge is 0.497 e. The second-order valence-corrected chi connectivity index (χ2v) is 14.1. The smallest absolute Gasteiger partial charge is 0.253 e. The highest BCUT2D eigenvalue weighted by Crippen LogP contribution is 2.62. The second-order valence-electron chi connectivity index (χ2n) is 14.1. The number of benzene rings is 5. The average molecular weight is 708 g/mol. The second kappa shape index (κ2) is 13.5. The predicted molar refractivity (Wildman–Crippen MR) is 214 cm³/mol. The first-order valence-electron chi connectivity index (χ1n) is 18.4. The number of rotatable bonds is 9. The summed E-state index contributed by atoms with van der Waals surface area (Å²) in [5.41, 5.74) is 7.29. The molecular formula is C47H41N5O2. The summed E-state index contributed by atoms with van der Waals surface area (Å²) < 4.78 is 5.51. The number of nitrogens with one attached hydrogen (secondary N) is 2. The van der Waals surface area contributed by atoms with Crippen LogP contribution in [0.3, 0.4) is 0 Å². The van der Waals surface area contributed by atoms with Crippen LogP contribution in [0, 0.1) is 0 Å². The number of para-hydroxylation sites is 1. The summed E-state index contributed by atoms with van der Waals surface area (Å²) in [7, 11) is 1.66. The van der Waals surface area contributed by atoms with Crippen LogP contribution in [-0.4, -0.2) is 35.6 Å². The van der Waals surface area contributed by atoms with Crippen LogP contribution < -0.4 is 20.3 Å². The van der Waals surface area contributed by atoms with E-state index in [0.29, 0.717) is 12.2 Å². The number of aromatic nitrogens is 1. The van der Waals surface area contributed by atoms with Gasteiger partial charge in [-0.1, -0.05) is 127 Å². The highest BCUT2D eigenvalue weighted by atomic mass is 16.5. The van der Waals surface area contributed by atoms with E-state index in [4.69, 9.17) is 4.74 Å². The zero-order chi connectivity index (χ0) is 36.7. The Morgan fingerprint density at radius 3 is 2.06 bits per heavy atom. The maximum Gasteiger partial charge on any atom is 0.253 e. The van der Waals surface area contributed by atoms with Crippen molar-refractivity contribution in [1.82, 2.24) is 15.2 Å². The fourth-order valence-corrected chi connectivity index (χ4v) is 9.01. The van der Waals surface area contributed by atoms with Gasteiger partial charge in [-0.15, -0.1) is 0 Å². The topological polar surface area (TPSA) is 69.7 Å². The summed E-state index contributed by atoms with van der Waals surface area (Å²) in [6.45, 7) is 2.55. The fraction of sp³-hybridized carbons (Fsp3) is 0.149. The molecule has 1 saturated heterocycles. The quantitative estimate of drug-likeness (QED) is 0.147. The molecule has 1 fully saturated rings. The van der Waals surface area contributed by atoms with Crippen LogP contribution in [0.15, 0.2) is 187 Å². The Bertz CT molecular complexity index is 2270.